The lowest BCUT2D eigenvalue weighted by Gasteiger charge is -2.08. The predicted molar refractivity (Wildman–Crippen MR) is 76.9 cm³/mol. The van der Waals surface area contributed by atoms with E-state index in [4.69, 9.17) is 5.73 Å². The van der Waals surface area contributed by atoms with Crippen molar-refractivity contribution in [3.05, 3.63) is 46.2 Å². The van der Waals surface area contributed by atoms with Crippen LogP contribution >= 0.6 is 11.3 Å². The molecule has 18 heavy (non-hydrogen) atoms. The van der Waals surface area contributed by atoms with Crippen LogP contribution in [0.2, 0.25) is 0 Å². The minimum absolute atomic E-state index is 0.0166. The van der Waals surface area contributed by atoms with Gasteiger partial charge in [0.25, 0.3) is 0 Å². The number of nitrogen functional groups attached to an aromatic ring is 1. The van der Waals surface area contributed by atoms with Gasteiger partial charge in [-0.3, -0.25) is 4.79 Å². The van der Waals surface area contributed by atoms with Gasteiger partial charge in [0.2, 0.25) is 5.91 Å². The fourth-order valence-corrected chi connectivity index (χ4v) is 2.45. The van der Waals surface area contributed by atoms with Gasteiger partial charge in [0.15, 0.2) is 0 Å². The number of hydrogen-bond acceptors (Lipinski definition) is 3. The molecule has 2 rings (SSSR count). The molecule has 0 aliphatic rings. The molecule has 1 aromatic carbocycles. The first-order chi connectivity index (χ1) is 8.69. The van der Waals surface area contributed by atoms with E-state index in [1.165, 1.54) is 0 Å². The Balaban J connectivity index is 2.01. The van der Waals surface area contributed by atoms with E-state index >= 15 is 0 Å². The highest BCUT2D eigenvalue weighted by molar-refractivity contribution is 7.08. The average Bonchev–Trinajstić information content (AvgIpc) is 2.82. The largest absolute Gasteiger partial charge is 0.398 e. The summed E-state index contributed by atoms with van der Waals surface area (Å²) in [6, 6.07) is 7.61. The summed E-state index contributed by atoms with van der Waals surface area (Å²) < 4.78 is 0. The molecule has 0 aliphatic carbocycles. The molecule has 0 unspecified atom stereocenters. The van der Waals surface area contributed by atoms with Gasteiger partial charge in [0.1, 0.15) is 0 Å². The van der Waals surface area contributed by atoms with Crippen LogP contribution in [0.3, 0.4) is 0 Å². The monoisotopic (exact) mass is 260 g/mol. The maximum absolute atomic E-state index is 11.8. The third kappa shape index (κ3) is 3.11. The highest BCUT2D eigenvalue weighted by Gasteiger charge is 2.05. The van der Waals surface area contributed by atoms with E-state index in [1.54, 1.807) is 11.3 Å². The molecule has 0 radical (unpaired) electrons. The van der Waals surface area contributed by atoms with Gasteiger partial charge >= 0.3 is 0 Å². The number of rotatable bonds is 4. The van der Waals surface area contributed by atoms with Crippen LogP contribution in [0.15, 0.2) is 35.0 Å². The first-order valence-electron chi connectivity index (χ1n) is 5.88. The molecule has 1 aromatic heterocycles. The fraction of sp³-hybridized carbons (Fsp3) is 0.214. The molecule has 94 valence electrons. The average molecular weight is 260 g/mol. The Morgan fingerprint density at radius 3 is 2.83 bits per heavy atom. The van der Waals surface area contributed by atoms with E-state index in [9.17, 15) is 4.79 Å². The van der Waals surface area contributed by atoms with Gasteiger partial charge in [-0.05, 0) is 46.5 Å². The summed E-state index contributed by atoms with van der Waals surface area (Å²) in [6.45, 7) is 2.06. The molecule has 0 spiro atoms. The van der Waals surface area contributed by atoms with Crippen molar-refractivity contribution in [3.63, 3.8) is 0 Å². The lowest BCUT2D eigenvalue weighted by atomic mass is 10.1. The van der Waals surface area contributed by atoms with Crippen molar-refractivity contribution in [1.29, 1.82) is 0 Å². The molecule has 0 atom stereocenters. The van der Waals surface area contributed by atoms with Crippen molar-refractivity contribution in [3.8, 4) is 0 Å². The molecule has 2 aromatic rings. The zero-order valence-corrected chi connectivity index (χ0v) is 11.1. The summed E-state index contributed by atoms with van der Waals surface area (Å²) in [5.41, 5.74) is 9.52. The van der Waals surface area contributed by atoms with E-state index in [2.05, 4.69) is 12.2 Å². The highest BCUT2D eigenvalue weighted by Crippen LogP contribution is 2.18. The highest BCUT2D eigenvalue weighted by atomic mass is 32.1. The van der Waals surface area contributed by atoms with Crippen molar-refractivity contribution in [2.75, 3.05) is 11.1 Å². The smallest absolute Gasteiger partial charge is 0.228 e. The number of amides is 1. The molecule has 1 heterocycles. The minimum Gasteiger partial charge on any atom is -0.398 e. The second kappa shape index (κ2) is 5.69. The third-order valence-electron chi connectivity index (χ3n) is 2.76. The number of anilines is 2. The van der Waals surface area contributed by atoms with E-state index in [0.717, 1.165) is 28.9 Å². The molecule has 0 saturated heterocycles. The summed E-state index contributed by atoms with van der Waals surface area (Å²) >= 11 is 1.60. The lowest BCUT2D eigenvalue weighted by molar-refractivity contribution is -0.115. The Morgan fingerprint density at radius 2 is 2.22 bits per heavy atom. The molecule has 0 aliphatic heterocycles. The number of hydrogen-bond donors (Lipinski definition) is 2. The zero-order chi connectivity index (χ0) is 13.0. The molecule has 3 N–H and O–H groups in total. The topological polar surface area (TPSA) is 55.1 Å². The van der Waals surface area contributed by atoms with Crippen molar-refractivity contribution in [2.24, 2.45) is 0 Å². The van der Waals surface area contributed by atoms with Gasteiger partial charge in [0.05, 0.1) is 6.42 Å². The molecule has 1 amide bonds. The first kappa shape index (κ1) is 12.6. The van der Waals surface area contributed by atoms with Crippen LogP contribution in [0, 0.1) is 0 Å². The number of aryl methyl sites for hydroxylation is 1. The maximum atomic E-state index is 11.8. The Hall–Kier alpha value is -1.81. The zero-order valence-electron chi connectivity index (χ0n) is 10.3. The summed E-state index contributed by atoms with van der Waals surface area (Å²) in [5.74, 6) is -0.0166. The Morgan fingerprint density at radius 1 is 1.39 bits per heavy atom. The third-order valence-corrected chi connectivity index (χ3v) is 3.49. The van der Waals surface area contributed by atoms with Crippen molar-refractivity contribution < 1.29 is 4.79 Å². The van der Waals surface area contributed by atoms with E-state index in [1.807, 2.05) is 35.0 Å². The van der Waals surface area contributed by atoms with E-state index in [0.29, 0.717) is 6.42 Å². The van der Waals surface area contributed by atoms with Gasteiger partial charge in [0, 0.05) is 11.4 Å². The van der Waals surface area contributed by atoms with Crippen molar-refractivity contribution >= 4 is 28.6 Å². The number of nitrogens with one attached hydrogen (secondary N) is 1. The maximum Gasteiger partial charge on any atom is 0.228 e. The second-order valence-electron chi connectivity index (χ2n) is 4.12. The summed E-state index contributed by atoms with van der Waals surface area (Å²) in [7, 11) is 0. The van der Waals surface area contributed by atoms with Crippen molar-refractivity contribution in [2.45, 2.75) is 19.8 Å². The molecule has 0 bridgehead atoms. The van der Waals surface area contributed by atoms with Gasteiger partial charge in [-0.25, -0.2) is 0 Å². The van der Waals surface area contributed by atoms with Crippen LogP contribution in [-0.2, 0) is 17.6 Å². The number of benzene rings is 1. The first-order valence-corrected chi connectivity index (χ1v) is 6.82. The van der Waals surface area contributed by atoms with Gasteiger partial charge in [-0.15, -0.1) is 0 Å². The van der Waals surface area contributed by atoms with Crippen LogP contribution < -0.4 is 11.1 Å². The number of nitrogens with two attached hydrogens (primary N) is 1. The van der Waals surface area contributed by atoms with Crippen molar-refractivity contribution in [1.82, 2.24) is 0 Å². The Bertz CT molecular complexity index is 535. The van der Waals surface area contributed by atoms with Crippen LogP contribution in [0.4, 0.5) is 11.4 Å². The quantitative estimate of drug-likeness (QED) is 0.830. The second-order valence-corrected chi connectivity index (χ2v) is 4.90. The van der Waals surface area contributed by atoms with E-state index in [-0.39, 0.29) is 5.91 Å². The molecular weight excluding hydrogens is 244 g/mol. The van der Waals surface area contributed by atoms with Gasteiger partial charge < -0.3 is 11.1 Å². The van der Waals surface area contributed by atoms with Gasteiger partial charge in [-0.2, -0.15) is 11.3 Å². The van der Waals surface area contributed by atoms with Gasteiger partial charge in [-0.1, -0.05) is 13.0 Å². The molecule has 0 saturated carbocycles. The molecular formula is C14H16N2OS. The van der Waals surface area contributed by atoms with Crippen LogP contribution in [-0.4, -0.2) is 5.91 Å². The molecule has 4 heteroatoms. The van der Waals surface area contributed by atoms with Crippen LogP contribution in [0.5, 0.6) is 0 Å². The fourth-order valence-electron chi connectivity index (χ4n) is 1.78. The summed E-state index contributed by atoms with van der Waals surface area (Å²) in [5, 5.41) is 6.81. The van der Waals surface area contributed by atoms with E-state index < -0.39 is 0 Å². The predicted octanol–water partition coefficient (Wildman–Crippen LogP) is 3.07. The normalized spacial score (nSPS) is 10.3. The van der Waals surface area contributed by atoms with Crippen LogP contribution in [0.1, 0.15) is 18.1 Å². The molecule has 3 nitrogen and oxygen atoms in total. The minimum atomic E-state index is -0.0166. The lowest BCUT2D eigenvalue weighted by Crippen LogP contribution is -2.14. The Kier molecular flexibility index (Phi) is 3.99. The number of carbonyl (C=O) groups excluding carboxylic acids is 1. The standard InChI is InChI=1S/C14H16N2OS/c1-2-11-3-4-12(8-13(11)15)16-14(17)7-10-5-6-18-9-10/h3-6,8-9H,2,7,15H2,1H3,(H,16,17). The SMILES string of the molecule is CCc1ccc(NC(=O)Cc2ccsc2)cc1N. The summed E-state index contributed by atoms with van der Waals surface area (Å²) in [6.07, 6.45) is 1.30. The summed E-state index contributed by atoms with van der Waals surface area (Å²) in [4.78, 5) is 11.8. The number of carbonyl (C=O) groups is 1. The Labute approximate surface area is 111 Å². The number of thiophene rings is 1. The molecule has 0 fully saturated rings. The van der Waals surface area contributed by atoms with Crippen LogP contribution in [0.25, 0.3) is 0 Å².